The highest BCUT2D eigenvalue weighted by atomic mass is 31.2. The van der Waals surface area contributed by atoms with Gasteiger partial charge in [0.1, 0.15) is 0 Å². The van der Waals surface area contributed by atoms with Crippen LogP contribution in [0.3, 0.4) is 0 Å². The number of phosphoric acid groups is 1. The Morgan fingerprint density at radius 2 is 1.12 bits per heavy atom. The van der Waals surface area contributed by atoms with Crippen molar-refractivity contribution in [2.75, 3.05) is 7.11 Å². The van der Waals surface area contributed by atoms with E-state index in [1.165, 1.54) is 0 Å². The van der Waals surface area contributed by atoms with Gasteiger partial charge in [0, 0.05) is 7.11 Å². The van der Waals surface area contributed by atoms with Gasteiger partial charge in [0.15, 0.2) is 0 Å². The Hall–Kier alpha value is 0.0300. The molecule has 0 radical (unpaired) electrons. The smallest absolute Gasteiger partial charge is 0.412 e. The van der Waals surface area contributed by atoms with Gasteiger partial charge < -0.3 is 25.3 Å². The Morgan fingerprint density at radius 3 is 1.12 bits per heavy atom. The second-order valence-corrected chi connectivity index (χ2v) is 1.54. The van der Waals surface area contributed by atoms with E-state index in [9.17, 15) is 0 Å². The molecule has 6 N–H and O–H groups in total. The molecule has 0 atom stereocenters. The van der Waals surface area contributed by atoms with Crippen LogP contribution in [0.4, 0.5) is 0 Å². The van der Waals surface area contributed by atoms with Crippen LogP contribution in [0, 0.1) is 0 Å². The van der Waals surface area contributed by atoms with Crippen LogP contribution >= 0.6 is 7.82 Å². The largest absolute Gasteiger partial charge is 0.466 e. The first kappa shape index (κ1) is 15.7. The summed E-state index contributed by atoms with van der Waals surface area (Å²) in [4.78, 5) is 21.6. The van der Waals surface area contributed by atoms with Crippen molar-refractivity contribution < 1.29 is 29.8 Å². The minimum absolute atomic E-state index is 0. The van der Waals surface area contributed by atoms with Crippen LogP contribution in [0.1, 0.15) is 0 Å². The molecule has 0 rings (SSSR count). The standard InChI is InChI=1S/CH4O.H3O4P.H2O/c1-2;1-5(2,3)4;/h2H,1H3;(H3,1,2,3,4);1H2. The van der Waals surface area contributed by atoms with E-state index < -0.39 is 7.82 Å². The van der Waals surface area contributed by atoms with Gasteiger partial charge in [-0.1, -0.05) is 0 Å². The van der Waals surface area contributed by atoms with Gasteiger partial charge in [0.2, 0.25) is 0 Å². The Labute approximate surface area is 46.0 Å². The number of aliphatic hydroxyl groups excluding tert-OH is 1. The van der Waals surface area contributed by atoms with Gasteiger partial charge in [-0.3, -0.25) is 0 Å². The minimum atomic E-state index is -4.64. The summed E-state index contributed by atoms with van der Waals surface area (Å²) in [5.41, 5.74) is 0. The Kier molecular flexibility index (Phi) is 13.8. The average molecular weight is 148 g/mol. The van der Waals surface area contributed by atoms with E-state index in [4.69, 9.17) is 24.4 Å². The summed E-state index contributed by atoms with van der Waals surface area (Å²) in [7, 11) is -3.64. The molecule has 6 nitrogen and oxygen atoms in total. The van der Waals surface area contributed by atoms with Crippen molar-refractivity contribution >= 4 is 7.82 Å². The molecule has 0 aromatic carbocycles. The fraction of sp³-hybridized carbons (Fsp3) is 1.00. The molecule has 8 heavy (non-hydrogen) atoms. The van der Waals surface area contributed by atoms with Gasteiger partial charge in [0.05, 0.1) is 0 Å². The fourth-order valence-electron chi connectivity index (χ4n) is 0. The zero-order chi connectivity index (χ0) is 6.50. The van der Waals surface area contributed by atoms with Crippen molar-refractivity contribution in [3.63, 3.8) is 0 Å². The van der Waals surface area contributed by atoms with Gasteiger partial charge >= 0.3 is 7.82 Å². The second-order valence-electron chi connectivity index (χ2n) is 0.513. The minimum Gasteiger partial charge on any atom is -0.412 e. The van der Waals surface area contributed by atoms with Crippen molar-refractivity contribution in [1.29, 1.82) is 0 Å². The maximum Gasteiger partial charge on any atom is 0.466 e. The lowest BCUT2D eigenvalue weighted by Gasteiger charge is -1.82. The summed E-state index contributed by atoms with van der Waals surface area (Å²) in [5.74, 6) is 0. The Bertz CT molecular complexity index is 54.7. The summed E-state index contributed by atoms with van der Waals surface area (Å²) in [6.07, 6.45) is 0. The van der Waals surface area contributed by atoms with E-state index in [1.54, 1.807) is 0 Å². The lowest BCUT2D eigenvalue weighted by molar-refractivity contribution is 0.275. The van der Waals surface area contributed by atoms with Gasteiger partial charge in [0.25, 0.3) is 0 Å². The summed E-state index contributed by atoms with van der Waals surface area (Å²) >= 11 is 0. The monoisotopic (exact) mass is 148 g/mol. The predicted octanol–water partition coefficient (Wildman–Crippen LogP) is -2.14. The van der Waals surface area contributed by atoms with Crippen LogP contribution in [-0.2, 0) is 4.57 Å². The molecular weight excluding hydrogens is 139 g/mol. The Balaban J connectivity index is -0.0000000750. The highest BCUT2D eigenvalue weighted by Gasteiger charge is 2.00. The van der Waals surface area contributed by atoms with Gasteiger partial charge in [-0.25, -0.2) is 4.57 Å². The van der Waals surface area contributed by atoms with E-state index in [0.29, 0.717) is 0 Å². The topological polar surface area (TPSA) is 129 Å². The van der Waals surface area contributed by atoms with Crippen molar-refractivity contribution in [3.05, 3.63) is 0 Å². The van der Waals surface area contributed by atoms with Crippen LogP contribution < -0.4 is 0 Å². The number of rotatable bonds is 0. The molecule has 54 valence electrons. The lowest BCUT2D eigenvalue weighted by Crippen LogP contribution is -1.66. The summed E-state index contributed by atoms with van der Waals surface area (Å²) in [5, 5.41) is 7.00. The zero-order valence-corrected chi connectivity index (χ0v) is 5.04. The SMILES string of the molecule is CO.O.O=P(O)(O)O. The highest BCUT2D eigenvalue weighted by Crippen LogP contribution is 2.25. The van der Waals surface area contributed by atoms with Crippen LogP contribution in [0.5, 0.6) is 0 Å². The maximum absolute atomic E-state index is 8.88. The van der Waals surface area contributed by atoms with E-state index in [-0.39, 0.29) is 5.48 Å². The van der Waals surface area contributed by atoms with Crippen molar-refractivity contribution in [1.82, 2.24) is 0 Å². The van der Waals surface area contributed by atoms with Gasteiger partial charge in [-0.2, -0.15) is 0 Å². The number of hydrogen-bond donors (Lipinski definition) is 4. The number of aliphatic hydroxyl groups is 1. The predicted molar refractivity (Wildman–Crippen MR) is 26.0 cm³/mol. The van der Waals surface area contributed by atoms with Gasteiger partial charge in [-0.15, -0.1) is 0 Å². The molecular formula is CH9O6P. The zero-order valence-electron chi connectivity index (χ0n) is 4.14. The molecule has 0 aromatic heterocycles. The van der Waals surface area contributed by atoms with Crippen molar-refractivity contribution in [3.8, 4) is 0 Å². The van der Waals surface area contributed by atoms with E-state index in [2.05, 4.69) is 0 Å². The van der Waals surface area contributed by atoms with E-state index in [1.807, 2.05) is 0 Å². The van der Waals surface area contributed by atoms with Crippen molar-refractivity contribution in [2.24, 2.45) is 0 Å². The average Bonchev–Trinajstić information content (AvgIpc) is 1.36. The molecule has 0 saturated carbocycles. The number of hydrogen-bond acceptors (Lipinski definition) is 2. The lowest BCUT2D eigenvalue weighted by atomic mass is 11.8. The third kappa shape index (κ3) is 170000. The fourth-order valence-corrected chi connectivity index (χ4v) is 0. The second kappa shape index (κ2) is 7.03. The molecule has 0 aliphatic rings. The molecule has 0 aromatic rings. The quantitative estimate of drug-likeness (QED) is 0.291. The molecule has 0 spiro atoms. The molecule has 0 aliphatic heterocycles. The third-order valence-corrected chi connectivity index (χ3v) is 0. The van der Waals surface area contributed by atoms with E-state index in [0.717, 1.165) is 7.11 Å². The summed E-state index contributed by atoms with van der Waals surface area (Å²) in [6, 6.07) is 0. The summed E-state index contributed by atoms with van der Waals surface area (Å²) < 4.78 is 8.88. The normalized spacial score (nSPS) is 8.12. The highest BCUT2D eigenvalue weighted by molar-refractivity contribution is 7.45. The molecule has 0 amide bonds. The first-order valence-corrected chi connectivity index (χ1v) is 2.79. The molecule has 0 aliphatic carbocycles. The molecule has 0 saturated heterocycles. The first-order chi connectivity index (χ1) is 3.00. The van der Waals surface area contributed by atoms with Crippen LogP contribution in [0.15, 0.2) is 0 Å². The molecule has 0 heterocycles. The molecule has 0 unspecified atom stereocenters. The maximum atomic E-state index is 8.88. The van der Waals surface area contributed by atoms with E-state index >= 15 is 0 Å². The first-order valence-electron chi connectivity index (χ1n) is 1.23. The van der Waals surface area contributed by atoms with Crippen LogP contribution in [0.25, 0.3) is 0 Å². The summed E-state index contributed by atoms with van der Waals surface area (Å²) in [6.45, 7) is 0. The Morgan fingerprint density at radius 1 is 1.12 bits per heavy atom. The molecule has 7 heteroatoms. The van der Waals surface area contributed by atoms with Gasteiger partial charge in [-0.05, 0) is 0 Å². The van der Waals surface area contributed by atoms with Crippen LogP contribution in [-0.4, -0.2) is 32.4 Å². The van der Waals surface area contributed by atoms with Crippen LogP contribution in [0.2, 0.25) is 0 Å². The molecule has 0 bridgehead atoms. The van der Waals surface area contributed by atoms with Crippen molar-refractivity contribution in [2.45, 2.75) is 0 Å². The molecule has 0 fully saturated rings. The third-order valence-electron chi connectivity index (χ3n) is 0.